The van der Waals surface area contributed by atoms with Crippen molar-refractivity contribution in [2.45, 2.75) is 31.6 Å². The lowest BCUT2D eigenvalue weighted by molar-refractivity contribution is -0.0642. The van der Waals surface area contributed by atoms with E-state index < -0.39 is 29.3 Å². The zero-order valence-corrected chi connectivity index (χ0v) is 16.0. The first-order chi connectivity index (χ1) is 13.8. The Kier molecular flexibility index (Phi) is 4.59. The van der Waals surface area contributed by atoms with Crippen molar-refractivity contribution in [3.8, 4) is 5.75 Å². The van der Waals surface area contributed by atoms with Gasteiger partial charge in [0.05, 0.1) is 11.6 Å². The number of pyridine rings is 1. The van der Waals surface area contributed by atoms with Crippen molar-refractivity contribution in [1.29, 1.82) is 0 Å². The second-order valence-electron chi connectivity index (χ2n) is 7.60. The van der Waals surface area contributed by atoms with Gasteiger partial charge in [-0.15, -0.1) is 0 Å². The van der Waals surface area contributed by atoms with Crippen molar-refractivity contribution in [2.75, 3.05) is 0 Å². The summed E-state index contributed by atoms with van der Waals surface area (Å²) in [5, 5.41) is 11.0. The van der Waals surface area contributed by atoms with E-state index in [1.165, 1.54) is 28.8 Å². The van der Waals surface area contributed by atoms with E-state index in [0.717, 1.165) is 0 Å². The number of carbonyl (C=O) groups excluding carboxylic acids is 1. The number of benzene rings is 2. The number of hydrogen-bond donors (Lipinski definition) is 1. The van der Waals surface area contributed by atoms with Crippen molar-refractivity contribution in [1.82, 2.24) is 4.57 Å². The summed E-state index contributed by atoms with van der Waals surface area (Å²) in [6, 6.07) is 14.5. The van der Waals surface area contributed by atoms with E-state index in [1.54, 1.807) is 56.4 Å². The molecule has 4 rings (SSSR count). The van der Waals surface area contributed by atoms with Gasteiger partial charge in [0, 0.05) is 23.4 Å². The number of aliphatic hydroxyl groups is 1. The molecule has 0 saturated carbocycles. The van der Waals surface area contributed by atoms with E-state index in [-0.39, 0.29) is 16.7 Å². The average molecular weight is 393 g/mol. The average Bonchev–Trinajstić information content (AvgIpc) is 2.69. The largest absolute Gasteiger partial charge is 0.485 e. The quantitative estimate of drug-likeness (QED) is 0.693. The van der Waals surface area contributed by atoms with E-state index >= 15 is 0 Å². The van der Waals surface area contributed by atoms with Crippen LogP contribution in [0.25, 0.3) is 0 Å². The molecule has 1 N–H and O–H groups in total. The number of halogens is 1. The summed E-state index contributed by atoms with van der Waals surface area (Å²) in [5.41, 5.74) is -0.542. The maximum atomic E-state index is 14.1. The highest BCUT2D eigenvalue weighted by Crippen LogP contribution is 2.42. The van der Waals surface area contributed by atoms with Gasteiger partial charge in [0.25, 0.3) is 5.56 Å². The van der Waals surface area contributed by atoms with Crippen LogP contribution >= 0.6 is 0 Å². The van der Waals surface area contributed by atoms with Crippen LogP contribution in [0.5, 0.6) is 5.75 Å². The van der Waals surface area contributed by atoms with E-state index in [9.17, 15) is 19.1 Å². The number of ether oxygens (including phenoxy) is 1. The fourth-order valence-corrected chi connectivity index (χ4v) is 3.68. The Morgan fingerprint density at radius 3 is 2.55 bits per heavy atom. The third-order valence-corrected chi connectivity index (χ3v) is 5.24. The maximum absolute atomic E-state index is 14.1. The molecule has 0 spiro atoms. The molecule has 148 valence electrons. The van der Waals surface area contributed by atoms with Gasteiger partial charge >= 0.3 is 0 Å². The summed E-state index contributed by atoms with van der Waals surface area (Å²) < 4.78 is 21.5. The van der Waals surface area contributed by atoms with E-state index in [0.29, 0.717) is 11.3 Å². The van der Waals surface area contributed by atoms with Crippen LogP contribution in [0.4, 0.5) is 4.39 Å². The Bertz CT molecular complexity index is 1150. The predicted molar refractivity (Wildman–Crippen MR) is 106 cm³/mol. The van der Waals surface area contributed by atoms with Gasteiger partial charge in [-0.05, 0) is 50.2 Å². The van der Waals surface area contributed by atoms with Crippen LogP contribution in [0.15, 0.2) is 71.7 Å². The highest BCUT2D eigenvalue weighted by Gasteiger charge is 2.44. The Balaban J connectivity index is 1.88. The number of aromatic nitrogens is 1. The molecular weight excluding hydrogens is 373 g/mol. The zero-order valence-electron chi connectivity index (χ0n) is 16.0. The zero-order chi connectivity index (χ0) is 20.8. The Morgan fingerprint density at radius 2 is 1.83 bits per heavy atom. The minimum absolute atomic E-state index is 0.0431. The molecule has 0 unspecified atom stereocenters. The van der Waals surface area contributed by atoms with Crippen LogP contribution in [0.2, 0.25) is 0 Å². The van der Waals surface area contributed by atoms with Crippen molar-refractivity contribution >= 4 is 5.78 Å². The lowest BCUT2D eigenvalue weighted by Crippen LogP contribution is -2.52. The molecule has 1 aromatic heterocycles. The first-order valence-electron chi connectivity index (χ1n) is 9.27. The molecule has 0 amide bonds. The second kappa shape index (κ2) is 6.97. The lowest BCUT2D eigenvalue weighted by atomic mass is 9.85. The molecule has 1 aliphatic heterocycles. The summed E-state index contributed by atoms with van der Waals surface area (Å²) in [5.74, 6) is -0.626. The topological polar surface area (TPSA) is 68.5 Å². The number of aliphatic hydroxyl groups excluding tert-OH is 1. The van der Waals surface area contributed by atoms with Crippen molar-refractivity contribution in [3.63, 3.8) is 0 Å². The Morgan fingerprint density at radius 1 is 1.10 bits per heavy atom. The third kappa shape index (κ3) is 3.25. The summed E-state index contributed by atoms with van der Waals surface area (Å²) in [7, 11) is 0. The van der Waals surface area contributed by atoms with Gasteiger partial charge in [0.15, 0.2) is 5.78 Å². The number of ketones is 1. The van der Waals surface area contributed by atoms with Crippen LogP contribution in [-0.4, -0.2) is 27.2 Å². The molecule has 6 heteroatoms. The van der Waals surface area contributed by atoms with Gasteiger partial charge in [-0.2, -0.15) is 0 Å². The standard InChI is InChI=1S/C23H20FNO4/c1-23(2)22(28)20(25-12-6-5-9-19(25)26)16-13-14(10-11-18(16)29-23)21(27)15-7-3-4-8-17(15)24/h3-13,20,22,28H,1-2H3/t20-,22+/m0/s1. The van der Waals surface area contributed by atoms with Crippen LogP contribution in [0.3, 0.4) is 0 Å². The van der Waals surface area contributed by atoms with Crippen LogP contribution in [-0.2, 0) is 0 Å². The summed E-state index contributed by atoms with van der Waals surface area (Å²) in [6.07, 6.45) is 0.543. The monoisotopic (exact) mass is 393 g/mol. The molecule has 2 atom stereocenters. The Labute approximate surface area is 167 Å². The first kappa shape index (κ1) is 19.1. The molecular formula is C23H20FNO4. The van der Waals surface area contributed by atoms with Gasteiger partial charge in [0.2, 0.25) is 0 Å². The Hall–Kier alpha value is -3.25. The highest BCUT2D eigenvalue weighted by atomic mass is 19.1. The third-order valence-electron chi connectivity index (χ3n) is 5.24. The molecule has 2 heterocycles. The van der Waals surface area contributed by atoms with Gasteiger partial charge < -0.3 is 14.4 Å². The molecule has 2 aromatic carbocycles. The fraction of sp³-hybridized carbons (Fsp3) is 0.217. The number of hydrogen-bond acceptors (Lipinski definition) is 4. The normalized spacial score (nSPS) is 19.9. The summed E-state index contributed by atoms with van der Waals surface area (Å²) >= 11 is 0. The fourth-order valence-electron chi connectivity index (χ4n) is 3.68. The predicted octanol–water partition coefficient (Wildman–Crippen LogP) is 3.34. The van der Waals surface area contributed by atoms with Crippen LogP contribution in [0.1, 0.15) is 41.4 Å². The highest BCUT2D eigenvalue weighted by molar-refractivity contribution is 6.09. The minimum Gasteiger partial charge on any atom is -0.485 e. The van der Waals surface area contributed by atoms with Crippen molar-refractivity contribution in [3.05, 3.63) is 99.7 Å². The number of rotatable bonds is 3. The van der Waals surface area contributed by atoms with Crippen molar-refractivity contribution < 1.29 is 19.0 Å². The van der Waals surface area contributed by atoms with Gasteiger partial charge in [0.1, 0.15) is 23.3 Å². The molecule has 0 bridgehead atoms. The molecule has 29 heavy (non-hydrogen) atoms. The summed E-state index contributed by atoms with van der Waals surface area (Å²) in [6.45, 7) is 3.47. The molecule has 0 radical (unpaired) electrons. The van der Waals surface area contributed by atoms with E-state index in [1.807, 2.05) is 0 Å². The molecule has 0 saturated heterocycles. The maximum Gasteiger partial charge on any atom is 0.251 e. The molecule has 1 aliphatic rings. The summed E-state index contributed by atoms with van der Waals surface area (Å²) in [4.78, 5) is 25.3. The van der Waals surface area contributed by atoms with Gasteiger partial charge in [-0.3, -0.25) is 9.59 Å². The van der Waals surface area contributed by atoms with Crippen LogP contribution in [0, 0.1) is 5.82 Å². The number of carbonyl (C=O) groups is 1. The molecule has 3 aromatic rings. The lowest BCUT2D eigenvalue weighted by Gasteiger charge is -2.42. The van der Waals surface area contributed by atoms with E-state index in [2.05, 4.69) is 0 Å². The van der Waals surface area contributed by atoms with Gasteiger partial charge in [-0.25, -0.2) is 4.39 Å². The molecule has 5 nitrogen and oxygen atoms in total. The first-order valence-corrected chi connectivity index (χ1v) is 9.27. The smallest absolute Gasteiger partial charge is 0.251 e. The number of nitrogens with zero attached hydrogens (tertiary/aromatic N) is 1. The molecule has 0 fully saturated rings. The van der Waals surface area contributed by atoms with Crippen LogP contribution < -0.4 is 10.3 Å². The number of fused-ring (bicyclic) bond motifs is 1. The van der Waals surface area contributed by atoms with Crippen molar-refractivity contribution in [2.24, 2.45) is 0 Å². The SMILES string of the molecule is CC1(C)Oc2ccc(C(=O)c3ccccc3F)cc2[C@H](n2ccccc2=O)[C@H]1O. The second-order valence-corrected chi connectivity index (χ2v) is 7.60. The van der Waals surface area contributed by atoms with Gasteiger partial charge in [-0.1, -0.05) is 18.2 Å². The molecule has 0 aliphatic carbocycles. The minimum atomic E-state index is -1.05. The van der Waals surface area contributed by atoms with E-state index in [4.69, 9.17) is 4.74 Å².